The standard InChI is InChI=1S/C18H19NO/c20-18(14-7-1-2-8-14)13-15-9-3-4-10-16(15)17-11-5-6-12-19-17/h3-6,9-12,14H,1-2,7-8,13H2. The molecule has 2 nitrogen and oxygen atoms in total. The highest BCUT2D eigenvalue weighted by molar-refractivity contribution is 5.85. The van der Waals surface area contributed by atoms with Gasteiger partial charge in [0.2, 0.25) is 0 Å². The Hall–Kier alpha value is -1.96. The Morgan fingerprint density at radius 2 is 1.80 bits per heavy atom. The number of aromatic nitrogens is 1. The van der Waals surface area contributed by atoms with E-state index in [2.05, 4.69) is 17.1 Å². The van der Waals surface area contributed by atoms with Crippen molar-refractivity contribution < 1.29 is 4.79 Å². The lowest BCUT2D eigenvalue weighted by molar-refractivity contribution is -0.122. The second-order valence-corrected chi connectivity index (χ2v) is 5.50. The highest BCUT2D eigenvalue weighted by Gasteiger charge is 2.23. The first-order chi connectivity index (χ1) is 9.84. The fourth-order valence-corrected chi connectivity index (χ4v) is 3.03. The predicted molar refractivity (Wildman–Crippen MR) is 80.3 cm³/mol. The van der Waals surface area contributed by atoms with Crippen LogP contribution in [-0.2, 0) is 11.2 Å². The predicted octanol–water partition coefficient (Wildman–Crippen LogP) is 4.05. The summed E-state index contributed by atoms with van der Waals surface area (Å²) in [4.78, 5) is 16.8. The summed E-state index contributed by atoms with van der Waals surface area (Å²) in [6.45, 7) is 0. The molecule has 1 aromatic carbocycles. The Bertz CT molecular complexity index is 585. The van der Waals surface area contributed by atoms with Crippen LogP contribution < -0.4 is 0 Å². The number of nitrogens with zero attached hydrogens (tertiary/aromatic N) is 1. The van der Waals surface area contributed by atoms with E-state index in [9.17, 15) is 4.79 Å². The third-order valence-corrected chi connectivity index (χ3v) is 4.13. The maximum Gasteiger partial charge on any atom is 0.140 e. The fourth-order valence-electron chi connectivity index (χ4n) is 3.03. The highest BCUT2D eigenvalue weighted by Crippen LogP contribution is 2.28. The monoisotopic (exact) mass is 265 g/mol. The molecule has 1 aliphatic carbocycles. The SMILES string of the molecule is O=C(Cc1ccccc1-c1ccccn1)C1CCCC1. The van der Waals surface area contributed by atoms with Gasteiger partial charge in [-0.2, -0.15) is 0 Å². The summed E-state index contributed by atoms with van der Waals surface area (Å²) in [5, 5.41) is 0. The van der Waals surface area contributed by atoms with Gasteiger partial charge in [0.1, 0.15) is 5.78 Å². The van der Waals surface area contributed by atoms with Gasteiger partial charge in [-0.15, -0.1) is 0 Å². The summed E-state index contributed by atoms with van der Waals surface area (Å²) in [6, 6.07) is 14.0. The molecule has 0 saturated heterocycles. The number of carbonyl (C=O) groups excluding carboxylic acids is 1. The van der Waals surface area contributed by atoms with Crippen LogP contribution in [0.3, 0.4) is 0 Å². The summed E-state index contributed by atoms with van der Waals surface area (Å²) in [5.41, 5.74) is 3.13. The molecule has 2 aromatic rings. The Morgan fingerprint density at radius 1 is 1.05 bits per heavy atom. The number of rotatable bonds is 4. The number of benzene rings is 1. The third-order valence-electron chi connectivity index (χ3n) is 4.13. The van der Waals surface area contributed by atoms with Gasteiger partial charge in [-0.3, -0.25) is 9.78 Å². The molecule has 1 aromatic heterocycles. The lowest BCUT2D eigenvalue weighted by Crippen LogP contribution is -2.14. The number of hydrogen-bond donors (Lipinski definition) is 0. The smallest absolute Gasteiger partial charge is 0.140 e. The number of hydrogen-bond acceptors (Lipinski definition) is 2. The van der Waals surface area contributed by atoms with Gasteiger partial charge in [-0.25, -0.2) is 0 Å². The minimum absolute atomic E-state index is 0.284. The molecule has 20 heavy (non-hydrogen) atoms. The normalized spacial score (nSPS) is 15.4. The van der Waals surface area contributed by atoms with Crippen LogP contribution >= 0.6 is 0 Å². The van der Waals surface area contributed by atoms with Crippen molar-refractivity contribution in [3.05, 3.63) is 54.2 Å². The lowest BCUT2D eigenvalue weighted by Gasteiger charge is -2.11. The van der Waals surface area contributed by atoms with Crippen LogP contribution in [0.4, 0.5) is 0 Å². The van der Waals surface area contributed by atoms with Crippen molar-refractivity contribution in [1.29, 1.82) is 0 Å². The molecule has 0 unspecified atom stereocenters. The van der Waals surface area contributed by atoms with E-state index in [4.69, 9.17) is 0 Å². The molecule has 0 aliphatic heterocycles. The van der Waals surface area contributed by atoms with Crippen LogP contribution in [0, 0.1) is 5.92 Å². The van der Waals surface area contributed by atoms with E-state index in [1.54, 1.807) is 6.20 Å². The number of Topliss-reactive ketones (excluding diaryl/α,β-unsaturated/α-hetero) is 1. The second kappa shape index (κ2) is 6.00. The van der Waals surface area contributed by atoms with E-state index in [-0.39, 0.29) is 5.92 Å². The van der Waals surface area contributed by atoms with Crippen LogP contribution in [0.5, 0.6) is 0 Å². The van der Waals surface area contributed by atoms with Gasteiger partial charge >= 0.3 is 0 Å². The van der Waals surface area contributed by atoms with Crippen LogP contribution in [0.25, 0.3) is 11.3 Å². The first kappa shape index (κ1) is 13.0. The molecule has 1 fully saturated rings. The van der Waals surface area contributed by atoms with Crippen molar-refractivity contribution in [3.63, 3.8) is 0 Å². The minimum atomic E-state index is 0.284. The number of carbonyl (C=O) groups is 1. The molecule has 1 saturated carbocycles. The van der Waals surface area contributed by atoms with Gasteiger partial charge in [-0.05, 0) is 30.5 Å². The summed E-state index contributed by atoms with van der Waals surface area (Å²) < 4.78 is 0. The molecule has 1 aliphatic rings. The molecule has 0 bridgehead atoms. The molecule has 2 heteroatoms. The molecule has 3 rings (SSSR count). The highest BCUT2D eigenvalue weighted by atomic mass is 16.1. The van der Waals surface area contributed by atoms with Crippen LogP contribution in [0.1, 0.15) is 31.2 Å². The number of ketones is 1. The number of pyridine rings is 1. The summed E-state index contributed by atoms with van der Waals surface area (Å²) >= 11 is 0. The molecular weight excluding hydrogens is 246 g/mol. The van der Waals surface area contributed by atoms with Crippen molar-refractivity contribution in [2.45, 2.75) is 32.1 Å². The summed E-state index contributed by atoms with van der Waals surface area (Å²) in [6.07, 6.45) is 6.90. The molecule has 0 radical (unpaired) electrons. The van der Waals surface area contributed by atoms with E-state index in [1.807, 2.05) is 30.3 Å². The van der Waals surface area contributed by atoms with Gasteiger partial charge in [0.25, 0.3) is 0 Å². The Labute approximate surface area is 119 Å². The maximum atomic E-state index is 12.4. The summed E-state index contributed by atoms with van der Waals surface area (Å²) in [7, 11) is 0. The quantitative estimate of drug-likeness (QED) is 0.834. The van der Waals surface area contributed by atoms with E-state index in [0.717, 1.165) is 29.7 Å². The van der Waals surface area contributed by atoms with E-state index in [1.165, 1.54) is 12.8 Å². The first-order valence-corrected chi connectivity index (χ1v) is 7.36. The zero-order valence-corrected chi connectivity index (χ0v) is 11.6. The van der Waals surface area contributed by atoms with E-state index < -0.39 is 0 Å². The zero-order chi connectivity index (χ0) is 13.8. The van der Waals surface area contributed by atoms with Gasteiger partial charge in [-0.1, -0.05) is 43.2 Å². The zero-order valence-electron chi connectivity index (χ0n) is 11.6. The molecule has 0 N–H and O–H groups in total. The fraction of sp³-hybridized carbons (Fsp3) is 0.333. The Morgan fingerprint density at radius 3 is 2.55 bits per heavy atom. The van der Waals surface area contributed by atoms with Gasteiger partial charge in [0, 0.05) is 24.1 Å². The van der Waals surface area contributed by atoms with Crippen molar-refractivity contribution >= 4 is 5.78 Å². The third kappa shape index (κ3) is 2.79. The van der Waals surface area contributed by atoms with Crippen molar-refractivity contribution in [2.24, 2.45) is 5.92 Å². The van der Waals surface area contributed by atoms with Crippen molar-refractivity contribution in [2.75, 3.05) is 0 Å². The largest absolute Gasteiger partial charge is 0.299 e. The average Bonchev–Trinajstić information content (AvgIpc) is 3.03. The molecular formula is C18H19NO. The molecule has 0 amide bonds. The second-order valence-electron chi connectivity index (χ2n) is 5.50. The van der Waals surface area contributed by atoms with Crippen molar-refractivity contribution in [3.8, 4) is 11.3 Å². The molecule has 1 heterocycles. The van der Waals surface area contributed by atoms with Gasteiger partial charge in [0.15, 0.2) is 0 Å². The molecule has 0 atom stereocenters. The topological polar surface area (TPSA) is 30.0 Å². The van der Waals surface area contributed by atoms with Gasteiger partial charge < -0.3 is 0 Å². The van der Waals surface area contributed by atoms with Crippen molar-refractivity contribution in [1.82, 2.24) is 4.98 Å². The molecule has 0 spiro atoms. The lowest BCUT2D eigenvalue weighted by atomic mass is 9.93. The first-order valence-electron chi connectivity index (χ1n) is 7.36. The molecule has 102 valence electrons. The average molecular weight is 265 g/mol. The van der Waals surface area contributed by atoms with Crippen LogP contribution in [0.2, 0.25) is 0 Å². The van der Waals surface area contributed by atoms with E-state index in [0.29, 0.717) is 12.2 Å². The van der Waals surface area contributed by atoms with Crippen LogP contribution in [0.15, 0.2) is 48.7 Å². The Balaban J connectivity index is 1.85. The summed E-state index contributed by atoms with van der Waals surface area (Å²) in [5.74, 6) is 0.678. The Kier molecular flexibility index (Phi) is 3.91. The minimum Gasteiger partial charge on any atom is -0.299 e. The van der Waals surface area contributed by atoms with Gasteiger partial charge in [0.05, 0.1) is 5.69 Å². The van der Waals surface area contributed by atoms with E-state index >= 15 is 0 Å². The maximum absolute atomic E-state index is 12.4. The van der Waals surface area contributed by atoms with Crippen LogP contribution in [-0.4, -0.2) is 10.8 Å².